The van der Waals surface area contributed by atoms with Crippen LogP contribution in [0.15, 0.2) is 53.8 Å². The van der Waals surface area contributed by atoms with Gasteiger partial charge in [-0.3, -0.25) is 9.79 Å². The molecule has 6 rings (SSSR count). The number of amides is 1. The van der Waals surface area contributed by atoms with Crippen molar-refractivity contribution in [3.05, 3.63) is 60.2 Å². The Balaban J connectivity index is 1.38. The second-order valence-electron chi connectivity index (χ2n) is 9.19. The van der Waals surface area contributed by atoms with E-state index in [-0.39, 0.29) is 11.8 Å². The van der Waals surface area contributed by atoms with E-state index < -0.39 is 6.04 Å². The minimum Gasteiger partial charge on any atom is -0.367 e. The van der Waals surface area contributed by atoms with E-state index in [9.17, 15) is 4.79 Å². The number of hydrogen-bond acceptors (Lipinski definition) is 6. The van der Waals surface area contributed by atoms with Crippen LogP contribution in [-0.4, -0.2) is 55.9 Å². The number of pyridine rings is 1. The van der Waals surface area contributed by atoms with Crippen molar-refractivity contribution in [3.63, 3.8) is 0 Å². The van der Waals surface area contributed by atoms with Crippen molar-refractivity contribution < 1.29 is 4.79 Å². The lowest BCUT2D eigenvalue weighted by molar-refractivity contribution is -0.120. The molecule has 1 fully saturated rings. The van der Waals surface area contributed by atoms with E-state index in [1.807, 2.05) is 52.2 Å². The van der Waals surface area contributed by atoms with Gasteiger partial charge in [-0.25, -0.2) is 14.3 Å². The van der Waals surface area contributed by atoms with Gasteiger partial charge in [-0.2, -0.15) is 10.2 Å². The summed E-state index contributed by atoms with van der Waals surface area (Å²) in [6.45, 7) is 6.38. The minimum absolute atomic E-state index is 0.00896. The third-order valence-corrected chi connectivity index (χ3v) is 6.98. The molecule has 0 radical (unpaired) electrons. The van der Waals surface area contributed by atoms with Gasteiger partial charge in [0.25, 0.3) is 5.91 Å². The first-order valence-electron chi connectivity index (χ1n) is 11.9. The van der Waals surface area contributed by atoms with Crippen molar-refractivity contribution in [1.29, 1.82) is 0 Å². The molecular formula is C25H27N8OP. The molecule has 0 saturated carbocycles. The van der Waals surface area contributed by atoms with E-state index in [4.69, 9.17) is 5.10 Å². The van der Waals surface area contributed by atoms with Gasteiger partial charge >= 0.3 is 0 Å². The van der Waals surface area contributed by atoms with E-state index >= 15 is 0 Å². The van der Waals surface area contributed by atoms with Gasteiger partial charge in [0.2, 0.25) is 0 Å². The van der Waals surface area contributed by atoms with Gasteiger partial charge in [-0.15, -0.1) is 9.24 Å². The van der Waals surface area contributed by atoms with Crippen molar-refractivity contribution in [2.45, 2.75) is 32.2 Å². The Morgan fingerprint density at radius 1 is 1.17 bits per heavy atom. The number of carbonyl (C=O) groups excluding carboxylic acids is 1. The number of nitrogens with zero attached hydrogens (tertiary/aromatic N) is 7. The normalized spacial score (nSPS) is 18.1. The maximum Gasteiger partial charge on any atom is 0.252 e. The van der Waals surface area contributed by atoms with Crippen molar-refractivity contribution in [3.8, 4) is 5.69 Å². The van der Waals surface area contributed by atoms with Crippen LogP contribution >= 0.6 is 9.24 Å². The quantitative estimate of drug-likeness (QED) is 0.438. The van der Waals surface area contributed by atoms with Gasteiger partial charge < -0.3 is 10.2 Å². The van der Waals surface area contributed by atoms with E-state index in [0.29, 0.717) is 18.6 Å². The zero-order chi connectivity index (χ0) is 24.1. The number of amidine groups is 1. The zero-order valence-corrected chi connectivity index (χ0v) is 20.9. The van der Waals surface area contributed by atoms with Crippen LogP contribution < -0.4 is 15.5 Å². The van der Waals surface area contributed by atoms with Gasteiger partial charge in [-0.05, 0) is 41.9 Å². The van der Waals surface area contributed by atoms with Crippen LogP contribution in [0.2, 0.25) is 0 Å². The number of aromatic nitrogens is 5. The molecule has 9 nitrogen and oxygen atoms in total. The maximum atomic E-state index is 13.8. The molecule has 5 heterocycles. The van der Waals surface area contributed by atoms with Gasteiger partial charge in [0.15, 0.2) is 5.65 Å². The maximum absolute atomic E-state index is 13.8. The number of aliphatic imine (C=N–C) groups is 1. The standard InChI is InChI=1S/C25H27N8OP/c1-15(2)22-20(14-29-32(22)16-5-7-17(35)8-6-16)31-13-9-19(25(31)34)33-24-18(4-3-10-28-24)21(30-33)23-26-11-12-27-23/h3-8,10,14-15,19H,9,11-13,35H2,1-2H3,(H,26,27). The molecule has 2 unspecified atom stereocenters. The smallest absolute Gasteiger partial charge is 0.252 e. The molecule has 0 bridgehead atoms. The third kappa shape index (κ3) is 3.62. The highest BCUT2D eigenvalue weighted by Crippen LogP contribution is 2.36. The first kappa shape index (κ1) is 21.9. The number of hydrogen-bond donors (Lipinski definition) is 1. The Labute approximate surface area is 205 Å². The fraction of sp³-hybridized carbons (Fsp3) is 0.320. The first-order chi connectivity index (χ1) is 17.0. The molecule has 4 aromatic rings. The molecule has 2 atom stereocenters. The topological polar surface area (TPSA) is 93.2 Å². The molecule has 35 heavy (non-hydrogen) atoms. The van der Waals surface area contributed by atoms with Gasteiger partial charge in [0, 0.05) is 19.3 Å². The molecule has 2 aliphatic heterocycles. The molecule has 2 aliphatic rings. The van der Waals surface area contributed by atoms with Crippen LogP contribution in [-0.2, 0) is 4.79 Å². The Hall–Kier alpha value is -3.58. The van der Waals surface area contributed by atoms with Gasteiger partial charge in [0.05, 0.1) is 35.2 Å². The molecule has 3 aromatic heterocycles. The van der Waals surface area contributed by atoms with E-state index in [2.05, 4.69) is 43.5 Å². The number of anilines is 1. The monoisotopic (exact) mass is 486 g/mol. The first-order valence-corrected chi connectivity index (χ1v) is 12.5. The Bertz CT molecular complexity index is 1450. The predicted octanol–water partition coefficient (Wildman–Crippen LogP) is 2.57. The van der Waals surface area contributed by atoms with Crippen LogP contribution in [0.4, 0.5) is 5.69 Å². The fourth-order valence-corrected chi connectivity index (χ4v) is 5.16. The summed E-state index contributed by atoms with van der Waals surface area (Å²) in [5.41, 5.74) is 4.31. The second-order valence-corrected chi connectivity index (χ2v) is 9.86. The van der Waals surface area contributed by atoms with Crippen molar-refractivity contribution in [2.75, 3.05) is 24.5 Å². The summed E-state index contributed by atoms with van der Waals surface area (Å²) in [6.07, 6.45) is 4.20. The molecule has 1 saturated heterocycles. The lowest BCUT2D eigenvalue weighted by Crippen LogP contribution is -2.29. The van der Waals surface area contributed by atoms with Crippen LogP contribution in [0.25, 0.3) is 16.7 Å². The van der Waals surface area contributed by atoms with E-state index in [0.717, 1.165) is 52.4 Å². The summed E-state index contributed by atoms with van der Waals surface area (Å²) in [7, 11) is 2.70. The molecule has 1 N–H and O–H groups in total. The Morgan fingerprint density at radius 3 is 2.74 bits per heavy atom. The predicted molar refractivity (Wildman–Crippen MR) is 140 cm³/mol. The zero-order valence-electron chi connectivity index (χ0n) is 19.7. The number of nitrogens with one attached hydrogen (secondary N) is 1. The fourth-order valence-electron chi connectivity index (χ4n) is 4.97. The molecule has 178 valence electrons. The molecule has 0 spiro atoms. The largest absolute Gasteiger partial charge is 0.367 e. The van der Waals surface area contributed by atoms with Gasteiger partial charge in [0.1, 0.15) is 17.6 Å². The highest BCUT2D eigenvalue weighted by Gasteiger charge is 2.38. The summed E-state index contributed by atoms with van der Waals surface area (Å²) < 4.78 is 3.73. The average Bonchev–Trinajstić information content (AvgIpc) is 3.64. The average molecular weight is 487 g/mol. The van der Waals surface area contributed by atoms with Gasteiger partial charge in [-0.1, -0.05) is 26.0 Å². The molecular weight excluding hydrogens is 459 g/mol. The van der Waals surface area contributed by atoms with Crippen LogP contribution in [0.5, 0.6) is 0 Å². The van der Waals surface area contributed by atoms with Crippen LogP contribution in [0.1, 0.15) is 43.6 Å². The highest BCUT2D eigenvalue weighted by molar-refractivity contribution is 7.27. The number of carbonyl (C=O) groups is 1. The number of rotatable bonds is 5. The SMILES string of the molecule is CC(C)c1c(N2CCC(n3nc(C4=NCCN4)c4cccnc43)C2=O)cnn1-c1ccc(P)cc1. The summed E-state index contributed by atoms with van der Waals surface area (Å²) in [6, 6.07) is 11.6. The number of benzene rings is 1. The van der Waals surface area contributed by atoms with Crippen LogP contribution in [0, 0.1) is 0 Å². The highest BCUT2D eigenvalue weighted by atomic mass is 31.0. The molecule has 10 heteroatoms. The van der Waals surface area contributed by atoms with Crippen molar-refractivity contribution >= 4 is 43.0 Å². The van der Waals surface area contributed by atoms with Crippen LogP contribution in [0.3, 0.4) is 0 Å². The molecule has 1 aromatic carbocycles. The summed E-state index contributed by atoms with van der Waals surface area (Å²) in [4.78, 5) is 24.8. The summed E-state index contributed by atoms with van der Waals surface area (Å²) in [5.74, 6) is 0.957. The summed E-state index contributed by atoms with van der Waals surface area (Å²) in [5, 5.41) is 14.8. The number of fused-ring (bicyclic) bond motifs is 1. The second kappa shape index (κ2) is 8.57. The molecule has 0 aliphatic carbocycles. The lowest BCUT2D eigenvalue weighted by Gasteiger charge is -2.20. The van der Waals surface area contributed by atoms with Crippen molar-refractivity contribution in [1.82, 2.24) is 29.9 Å². The van der Waals surface area contributed by atoms with Crippen molar-refractivity contribution in [2.24, 2.45) is 4.99 Å². The van der Waals surface area contributed by atoms with E-state index in [1.165, 1.54) is 0 Å². The molecule has 1 amide bonds. The van der Waals surface area contributed by atoms with E-state index in [1.54, 1.807) is 10.9 Å². The third-order valence-electron chi connectivity index (χ3n) is 6.60. The summed E-state index contributed by atoms with van der Waals surface area (Å²) >= 11 is 0. The Morgan fingerprint density at radius 2 is 2.00 bits per heavy atom. The minimum atomic E-state index is -0.428. The lowest BCUT2D eigenvalue weighted by atomic mass is 10.1. The Kier molecular flexibility index (Phi) is 5.37.